The van der Waals surface area contributed by atoms with Crippen LogP contribution in [0.5, 0.6) is 0 Å². The van der Waals surface area contributed by atoms with Crippen molar-refractivity contribution >= 4 is 39.6 Å². The number of carbonyl (C=O) groups excluding carboxylic acids is 3. The maximum atomic E-state index is 13.4. The Hall–Kier alpha value is -4.92. The van der Waals surface area contributed by atoms with Crippen molar-refractivity contribution in [3.8, 4) is 11.3 Å². The second-order valence-corrected chi connectivity index (χ2v) is 10.8. The zero-order valence-electron chi connectivity index (χ0n) is 24.2. The van der Waals surface area contributed by atoms with E-state index in [0.29, 0.717) is 43.3 Å². The van der Waals surface area contributed by atoms with Gasteiger partial charge in [0.1, 0.15) is 18.4 Å². The average molecular weight is 581 g/mol. The second-order valence-electron chi connectivity index (χ2n) is 10.8. The van der Waals surface area contributed by atoms with E-state index in [-0.39, 0.29) is 18.2 Å². The summed E-state index contributed by atoms with van der Waals surface area (Å²) >= 11 is 0. The van der Waals surface area contributed by atoms with Gasteiger partial charge in [-0.2, -0.15) is 0 Å². The fourth-order valence-electron chi connectivity index (χ4n) is 5.46. The molecule has 0 aliphatic heterocycles. The van der Waals surface area contributed by atoms with E-state index in [4.69, 9.17) is 4.42 Å². The summed E-state index contributed by atoms with van der Waals surface area (Å²) in [6, 6.07) is 24.3. The number of oxazole rings is 1. The number of ketones is 1. The van der Waals surface area contributed by atoms with Gasteiger partial charge < -0.3 is 24.8 Å². The van der Waals surface area contributed by atoms with Gasteiger partial charge in [0.05, 0.1) is 5.52 Å². The number of hydrogen-bond donors (Lipinski definition) is 3. The predicted molar refractivity (Wildman–Crippen MR) is 167 cm³/mol. The number of Topliss-reactive ketones (excluding diaryl/α,β-unsaturated/α-hetero) is 1. The van der Waals surface area contributed by atoms with Crippen molar-refractivity contribution in [1.29, 1.82) is 0 Å². The van der Waals surface area contributed by atoms with Crippen LogP contribution in [0.25, 0.3) is 33.3 Å². The lowest BCUT2D eigenvalue weighted by Crippen LogP contribution is -2.48. The number of benzene rings is 3. The van der Waals surface area contributed by atoms with Gasteiger partial charge in [0, 0.05) is 29.6 Å². The molecule has 9 heteroatoms. The van der Waals surface area contributed by atoms with Crippen LogP contribution in [0.4, 0.5) is 0 Å². The molecule has 5 aromatic rings. The summed E-state index contributed by atoms with van der Waals surface area (Å²) in [7, 11) is 0. The number of nitrogens with zero attached hydrogens (tertiary/aromatic N) is 1. The Morgan fingerprint density at radius 3 is 2.47 bits per heavy atom. The molecule has 9 nitrogen and oxygen atoms in total. The Morgan fingerprint density at radius 1 is 0.907 bits per heavy atom. The third-order valence-electron chi connectivity index (χ3n) is 7.60. The smallest absolute Gasteiger partial charge is 0.408 e. The van der Waals surface area contributed by atoms with Gasteiger partial charge in [0.25, 0.3) is 0 Å². The van der Waals surface area contributed by atoms with Crippen molar-refractivity contribution in [2.45, 2.75) is 58.0 Å². The first-order chi connectivity index (χ1) is 20.9. The van der Waals surface area contributed by atoms with Gasteiger partial charge in [-0.25, -0.2) is 4.79 Å². The number of unbranched alkanes of at least 4 members (excludes halogenated alkanes) is 2. The number of amides is 2. The van der Waals surface area contributed by atoms with E-state index in [9.17, 15) is 19.2 Å². The molecule has 0 bridgehead atoms. The molecule has 2 heterocycles. The zero-order valence-corrected chi connectivity index (χ0v) is 24.2. The number of aromatic nitrogens is 2. The molecule has 222 valence electrons. The molecule has 0 radical (unpaired) electrons. The van der Waals surface area contributed by atoms with Crippen molar-refractivity contribution in [2.24, 2.45) is 0 Å². The summed E-state index contributed by atoms with van der Waals surface area (Å²) in [6.07, 6.45) is 3.67. The number of fused-ring (bicyclic) bond motifs is 2. The Kier molecular flexibility index (Phi) is 9.51. The minimum absolute atomic E-state index is 0.132. The fraction of sp³-hybridized carbons (Fsp3) is 0.294. The van der Waals surface area contributed by atoms with E-state index < -0.39 is 17.7 Å². The van der Waals surface area contributed by atoms with Crippen molar-refractivity contribution in [1.82, 2.24) is 20.2 Å². The number of carbonyl (C=O) groups is 3. The molecule has 1 atom stereocenters. The number of para-hydroxylation sites is 3. The van der Waals surface area contributed by atoms with E-state index in [1.165, 1.54) is 4.57 Å². The monoisotopic (exact) mass is 580 g/mol. The van der Waals surface area contributed by atoms with Crippen LogP contribution in [0.1, 0.15) is 44.6 Å². The highest BCUT2D eigenvalue weighted by atomic mass is 16.4. The molecule has 2 aromatic heterocycles. The number of hydrogen-bond acceptors (Lipinski definition) is 5. The van der Waals surface area contributed by atoms with Crippen LogP contribution in [-0.4, -0.2) is 39.7 Å². The van der Waals surface area contributed by atoms with Crippen LogP contribution in [0, 0.1) is 0 Å². The van der Waals surface area contributed by atoms with Crippen molar-refractivity contribution in [3.05, 3.63) is 95.0 Å². The van der Waals surface area contributed by atoms with Gasteiger partial charge in [0.2, 0.25) is 11.8 Å². The summed E-state index contributed by atoms with van der Waals surface area (Å²) in [5, 5.41) is 6.95. The summed E-state index contributed by atoms with van der Waals surface area (Å²) in [5.41, 5.74) is 5.13. The first-order valence-corrected chi connectivity index (χ1v) is 14.7. The normalized spacial score (nSPS) is 11.9. The third kappa shape index (κ3) is 7.30. The van der Waals surface area contributed by atoms with E-state index in [2.05, 4.69) is 33.8 Å². The van der Waals surface area contributed by atoms with Crippen LogP contribution in [0.2, 0.25) is 0 Å². The summed E-state index contributed by atoms with van der Waals surface area (Å²) in [4.78, 5) is 53.7. The molecule has 0 aliphatic rings. The molecular weight excluding hydrogens is 544 g/mol. The van der Waals surface area contributed by atoms with Crippen molar-refractivity contribution in [2.75, 3.05) is 6.54 Å². The van der Waals surface area contributed by atoms with Crippen molar-refractivity contribution < 1.29 is 18.8 Å². The van der Waals surface area contributed by atoms with Crippen LogP contribution in [0.3, 0.4) is 0 Å². The van der Waals surface area contributed by atoms with Gasteiger partial charge in [-0.15, -0.1) is 0 Å². The van der Waals surface area contributed by atoms with Gasteiger partial charge in [-0.3, -0.25) is 14.2 Å². The average Bonchev–Trinajstić information content (AvgIpc) is 3.53. The molecule has 43 heavy (non-hydrogen) atoms. The number of rotatable bonds is 14. The molecule has 0 fully saturated rings. The Labute approximate surface area is 249 Å². The minimum atomic E-state index is -0.782. The van der Waals surface area contributed by atoms with E-state index >= 15 is 0 Å². The largest absolute Gasteiger partial charge is 0.420 e. The SMILES string of the molecule is CC(=O)CCCCC[C@H](NC(=O)Cn1c(=O)oc2ccccc21)C(=O)NCCc1c(-c2ccccc2)[nH]c2ccccc12. The quantitative estimate of drug-likeness (QED) is 0.157. The Bertz CT molecular complexity index is 1780. The second kappa shape index (κ2) is 13.8. The molecule has 5 rings (SSSR count). The first-order valence-electron chi connectivity index (χ1n) is 14.7. The molecule has 0 saturated carbocycles. The molecule has 0 unspecified atom stereocenters. The van der Waals surface area contributed by atoms with Gasteiger partial charge in [-0.05, 0) is 55.5 Å². The summed E-state index contributed by atoms with van der Waals surface area (Å²) in [6.45, 7) is 1.68. The van der Waals surface area contributed by atoms with E-state index in [0.717, 1.165) is 40.6 Å². The van der Waals surface area contributed by atoms with Crippen LogP contribution < -0.4 is 16.4 Å². The van der Waals surface area contributed by atoms with E-state index in [1.807, 2.05) is 36.4 Å². The van der Waals surface area contributed by atoms with Gasteiger partial charge in [-0.1, -0.05) is 73.5 Å². The minimum Gasteiger partial charge on any atom is -0.408 e. The lowest BCUT2D eigenvalue weighted by Gasteiger charge is -2.19. The fourth-order valence-corrected chi connectivity index (χ4v) is 5.46. The first kappa shape index (κ1) is 29.6. The Balaban J connectivity index is 1.27. The number of H-pyrrole nitrogens is 1. The number of aromatic amines is 1. The molecular formula is C34H36N4O5. The zero-order chi connectivity index (χ0) is 30.2. The van der Waals surface area contributed by atoms with Crippen LogP contribution in [-0.2, 0) is 27.3 Å². The molecule has 3 N–H and O–H groups in total. The summed E-state index contributed by atoms with van der Waals surface area (Å²) in [5.74, 6) is -1.24. The molecule has 0 spiro atoms. The van der Waals surface area contributed by atoms with Gasteiger partial charge >= 0.3 is 5.76 Å². The van der Waals surface area contributed by atoms with E-state index in [1.54, 1.807) is 31.2 Å². The molecule has 0 aliphatic carbocycles. The molecule has 3 aromatic carbocycles. The lowest BCUT2D eigenvalue weighted by atomic mass is 10.0. The predicted octanol–water partition coefficient (Wildman–Crippen LogP) is 5.13. The molecule has 2 amide bonds. The van der Waals surface area contributed by atoms with Crippen LogP contribution in [0.15, 0.2) is 88.1 Å². The van der Waals surface area contributed by atoms with Crippen molar-refractivity contribution in [3.63, 3.8) is 0 Å². The lowest BCUT2D eigenvalue weighted by molar-refractivity contribution is -0.129. The Morgan fingerprint density at radius 2 is 1.65 bits per heavy atom. The number of nitrogens with one attached hydrogen (secondary N) is 3. The standard InChI is InChI=1S/C34H36N4O5/c1-23(39)12-4-2-7-17-28(36-31(40)22-38-29-18-10-11-19-30(29)43-34(38)42)33(41)35-21-20-26-25-15-8-9-16-27(25)37-32(26)24-13-5-3-6-14-24/h3,5-6,8-11,13-16,18-19,28,37H,2,4,7,12,17,20-22H2,1H3,(H,35,41)(H,36,40)/t28-/m0/s1. The topological polar surface area (TPSA) is 126 Å². The highest BCUT2D eigenvalue weighted by Gasteiger charge is 2.22. The highest BCUT2D eigenvalue weighted by molar-refractivity contribution is 5.91. The van der Waals surface area contributed by atoms with Crippen LogP contribution >= 0.6 is 0 Å². The maximum Gasteiger partial charge on any atom is 0.420 e. The maximum absolute atomic E-state index is 13.4. The summed E-state index contributed by atoms with van der Waals surface area (Å²) < 4.78 is 6.50. The third-order valence-corrected chi connectivity index (χ3v) is 7.60. The molecule has 0 saturated heterocycles. The van der Waals surface area contributed by atoms with Gasteiger partial charge in [0.15, 0.2) is 5.58 Å². The highest BCUT2D eigenvalue weighted by Crippen LogP contribution is 2.30.